The summed E-state index contributed by atoms with van der Waals surface area (Å²) in [7, 11) is 2.12. The van der Waals surface area contributed by atoms with Crippen molar-refractivity contribution >= 4 is 0 Å². The first-order valence-corrected chi connectivity index (χ1v) is 7.59. The molecule has 2 atom stereocenters. The Balaban J connectivity index is 1.72. The fraction of sp³-hybridized carbons (Fsp3) is 0.647. The summed E-state index contributed by atoms with van der Waals surface area (Å²) < 4.78 is 0. The molecule has 1 saturated carbocycles. The summed E-state index contributed by atoms with van der Waals surface area (Å²) in [5, 5.41) is 3.48. The molecular weight excluding hydrogens is 218 g/mol. The van der Waals surface area contributed by atoms with Crippen molar-refractivity contribution in [3.05, 3.63) is 35.9 Å². The molecule has 1 fully saturated rings. The first-order chi connectivity index (χ1) is 8.88. The molecule has 1 heteroatoms. The SMILES string of the molecule is CNC1CCCCC(CCCc2ccccc2)C1. The summed E-state index contributed by atoms with van der Waals surface area (Å²) in [4.78, 5) is 0. The van der Waals surface area contributed by atoms with Gasteiger partial charge in [-0.3, -0.25) is 0 Å². The molecule has 0 radical (unpaired) electrons. The van der Waals surface area contributed by atoms with Gasteiger partial charge >= 0.3 is 0 Å². The average molecular weight is 245 g/mol. The number of nitrogens with one attached hydrogen (secondary N) is 1. The van der Waals surface area contributed by atoms with Gasteiger partial charge in [0.15, 0.2) is 0 Å². The van der Waals surface area contributed by atoms with Crippen molar-refractivity contribution in [1.82, 2.24) is 5.32 Å². The van der Waals surface area contributed by atoms with Crippen LogP contribution in [-0.4, -0.2) is 13.1 Å². The third-order valence-corrected chi connectivity index (χ3v) is 4.36. The van der Waals surface area contributed by atoms with Crippen molar-refractivity contribution in [2.75, 3.05) is 7.05 Å². The molecule has 0 saturated heterocycles. The first kappa shape index (κ1) is 13.6. The fourth-order valence-electron chi connectivity index (χ4n) is 3.23. The quantitative estimate of drug-likeness (QED) is 0.767. The van der Waals surface area contributed by atoms with E-state index in [4.69, 9.17) is 0 Å². The van der Waals surface area contributed by atoms with Crippen molar-refractivity contribution in [2.24, 2.45) is 5.92 Å². The second-order valence-electron chi connectivity index (χ2n) is 5.75. The van der Waals surface area contributed by atoms with E-state index < -0.39 is 0 Å². The maximum atomic E-state index is 3.48. The van der Waals surface area contributed by atoms with Gasteiger partial charge in [0.1, 0.15) is 0 Å². The molecule has 0 amide bonds. The Labute approximate surface area is 112 Å². The Morgan fingerprint density at radius 1 is 1.11 bits per heavy atom. The third kappa shape index (κ3) is 4.45. The number of benzene rings is 1. The minimum atomic E-state index is 0.772. The van der Waals surface area contributed by atoms with Gasteiger partial charge in [-0.15, -0.1) is 0 Å². The smallest absolute Gasteiger partial charge is 0.00667 e. The first-order valence-electron chi connectivity index (χ1n) is 7.59. The predicted octanol–water partition coefficient (Wildman–Crippen LogP) is 4.18. The lowest BCUT2D eigenvalue weighted by Gasteiger charge is -2.19. The highest BCUT2D eigenvalue weighted by Crippen LogP contribution is 2.27. The van der Waals surface area contributed by atoms with Crippen molar-refractivity contribution in [3.8, 4) is 0 Å². The lowest BCUT2D eigenvalue weighted by Crippen LogP contribution is -2.26. The summed E-state index contributed by atoms with van der Waals surface area (Å²) in [6.07, 6.45) is 11.1. The second kappa shape index (κ2) is 7.58. The molecule has 0 bridgehead atoms. The molecule has 1 aromatic carbocycles. The van der Waals surface area contributed by atoms with Gasteiger partial charge in [-0.05, 0) is 44.2 Å². The largest absolute Gasteiger partial charge is 0.317 e. The lowest BCUT2D eigenvalue weighted by atomic mass is 9.91. The molecule has 1 N–H and O–H groups in total. The highest BCUT2D eigenvalue weighted by Gasteiger charge is 2.18. The topological polar surface area (TPSA) is 12.0 Å². The van der Waals surface area contributed by atoms with Crippen molar-refractivity contribution < 1.29 is 0 Å². The van der Waals surface area contributed by atoms with E-state index in [-0.39, 0.29) is 0 Å². The molecule has 1 aromatic rings. The molecule has 0 aliphatic heterocycles. The van der Waals surface area contributed by atoms with Crippen LogP contribution < -0.4 is 5.32 Å². The zero-order valence-corrected chi connectivity index (χ0v) is 11.7. The van der Waals surface area contributed by atoms with Crippen LogP contribution in [0.3, 0.4) is 0 Å². The number of hydrogen-bond donors (Lipinski definition) is 1. The third-order valence-electron chi connectivity index (χ3n) is 4.36. The van der Waals surface area contributed by atoms with E-state index in [1.54, 1.807) is 0 Å². The van der Waals surface area contributed by atoms with Crippen LogP contribution in [0.1, 0.15) is 50.5 Å². The van der Waals surface area contributed by atoms with Gasteiger partial charge in [0.25, 0.3) is 0 Å². The van der Waals surface area contributed by atoms with E-state index in [9.17, 15) is 0 Å². The number of hydrogen-bond acceptors (Lipinski definition) is 1. The van der Waals surface area contributed by atoms with E-state index >= 15 is 0 Å². The number of aryl methyl sites for hydroxylation is 1. The van der Waals surface area contributed by atoms with Crippen molar-refractivity contribution in [3.63, 3.8) is 0 Å². The van der Waals surface area contributed by atoms with Crippen LogP contribution >= 0.6 is 0 Å². The van der Waals surface area contributed by atoms with Crippen molar-refractivity contribution in [2.45, 2.75) is 57.4 Å². The highest BCUT2D eigenvalue weighted by atomic mass is 14.9. The molecule has 0 heterocycles. The van der Waals surface area contributed by atoms with E-state index in [2.05, 4.69) is 42.7 Å². The van der Waals surface area contributed by atoms with Crippen LogP contribution in [0.15, 0.2) is 30.3 Å². The van der Waals surface area contributed by atoms with Gasteiger partial charge in [-0.25, -0.2) is 0 Å². The second-order valence-corrected chi connectivity index (χ2v) is 5.75. The minimum Gasteiger partial charge on any atom is -0.317 e. The summed E-state index contributed by atoms with van der Waals surface area (Å²) in [5.41, 5.74) is 1.50. The fourth-order valence-corrected chi connectivity index (χ4v) is 3.23. The van der Waals surface area contributed by atoms with Gasteiger partial charge in [0.2, 0.25) is 0 Å². The van der Waals surface area contributed by atoms with Crippen LogP contribution in [0.5, 0.6) is 0 Å². The van der Waals surface area contributed by atoms with E-state index in [0.29, 0.717) is 0 Å². The van der Waals surface area contributed by atoms with Crippen LogP contribution in [0.2, 0.25) is 0 Å². The predicted molar refractivity (Wildman–Crippen MR) is 78.8 cm³/mol. The molecule has 2 unspecified atom stereocenters. The van der Waals surface area contributed by atoms with E-state index in [0.717, 1.165) is 12.0 Å². The van der Waals surface area contributed by atoms with Crippen LogP contribution in [-0.2, 0) is 6.42 Å². The van der Waals surface area contributed by atoms with Gasteiger partial charge < -0.3 is 5.32 Å². The van der Waals surface area contributed by atoms with Crippen molar-refractivity contribution in [1.29, 1.82) is 0 Å². The Kier molecular flexibility index (Phi) is 5.73. The molecule has 2 rings (SSSR count). The molecule has 0 aromatic heterocycles. The maximum absolute atomic E-state index is 3.48. The van der Waals surface area contributed by atoms with Gasteiger partial charge in [-0.2, -0.15) is 0 Å². The Hall–Kier alpha value is -0.820. The summed E-state index contributed by atoms with van der Waals surface area (Å²) >= 11 is 0. The molecule has 0 spiro atoms. The zero-order chi connectivity index (χ0) is 12.6. The summed E-state index contributed by atoms with van der Waals surface area (Å²) in [5.74, 6) is 0.952. The highest BCUT2D eigenvalue weighted by molar-refractivity contribution is 5.14. The molecule has 1 aliphatic carbocycles. The minimum absolute atomic E-state index is 0.772. The Morgan fingerprint density at radius 3 is 2.67 bits per heavy atom. The van der Waals surface area contributed by atoms with Crippen LogP contribution in [0.25, 0.3) is 0 Å². The van der Waals surface area contributed by atoms with Gasteiger partial charge in [-0.1, -0.05) is 56.0 Å². The number of rotatable bonds is 5. The lowest BCUT2D eigenvalue weighted by molar-refractivity contribution is 0.373. The van der Waals surface area contributed by atoms with Crippen LogP contribution in [0, 0.1) is 5.92 Å². The zero-order valence-electron chi connectivity index (χ0n) is 11.7. The average Bonchev–Trinajstić information content (AvgIpc) is 2.65. The Morgan fingerprint density at radius 2 is 1.89 bits per heavy atom. The van der Waals surface area contributed by atoms with Gasteiger partial charge in [0, 0.05) is 6.04 Å². The van der Waals surface area contributed by atoms with E-state index in [1.807, 2.05) is 0 Å². The standard InChI is InChI=1S/C17H27N/c1-18-17-13-6-5-10-16(14-17)12-7-11-15-8-3-2-4-9-15/h2-4,8-9,16-18H,5-7,10-14H2,1H3. The molecule has 18 heavy (non-hydrogen) atoms. The molecule has 1 nitrogen and oxygen atoms in total. The summed E-state index contributed by atoms with van der Waals surface area (Å²) in [6.45, 7) is 0. The van der Waals surface area contributed by atoms with Gasteiger partial charge in [0.05, 0.1) is 0 Å². The van der Waals surface area contributed by atoms with Crippen LogP contribution in [0.4, 0.5) is 0 Å². The monoisotopic (exact) mass is 245 g/mol. The summed E-state index contributed by atoms with van der Waals surface area (Å²) in [6, 6.07) is 11.7. The Bertz CT molecular complexity index is 320. The normalized spacial score (nSPS) is 24.7. The molecular formula is C17H27N. The maximum Gasteiger partial charge on any atom is 0.00667 e. The molecule has 1 aliphatic rings. The molecule has 100 valence electrons. The van der Waals surface area contributed by atoms with E-state index in [1.165, 1.54) is 56.9 Å².